The molecule has 124 valence electrons. The van der Waals surface area contributed by atoms with Crippen LogP contribution in [0.1, 0.15) is 24.0 Å². The maximum Gasteiger partial charge on any atom is 0.242 e. The molecule has 1 fully saturated rings. The zero-order valence-electron chi connectivity index (χ0n) is 13.7. The van der Waals surface area contributed by atoms with Gasteiger partial charge in [0.25, 0.3) is 0 Å². The number of benzene rings is 2. The van der Waals surface area contributed by atoms with Crippen molar-refractivity contribution in [2.24, 2.45) is 0 Å². The first-order valence-electron chi connectivity index (χ1n) is 8.36. The molecular formula is C20H22N2O2. The highest BCUT2D eigenvalue weighted by Crippen LogP contribution is 2.14. The predicted octanol–water partition coefficient (Wildman–Crippen LogP) is 2.84. The Kier molecular flexibility index (Phi) is 5.26. The minimum absolute atomic E-state index is 0.00189. The van der Waals surface area contributed by atoms with E-state index in [0.717, 1.165) is 17.5 Å². The molecule has 1 aliphatic heterocycles. The molecule has 2 amide bonds. The average Bonchev–Trinajstić information content (AvgIpc) is 3.01. The molecule has 0 spiro atoms. The van der Waals surface area contributed by atoms with Crippen molar-refractivity contribution in [2.75, 3.05) is 13.1 Å². The number of amides is 2. The minimum Gasteiger partial charge on any atom is -0.333 e. The summed E-state index contributed by atoms with van der Waals surface area (Å²) in [5.74, 6) is 0.0840. The number of hydrogen-bond acceptors (Lipinski definition) is 2. The number of carbonyl (C=O) groups is 2. The summed E-state index contributed by atoms with van der Waals surface area (Å²) in [5, 5.41) is 0. The monoisotopic (exact) mass is 322 g/mol. The maximum atomic E-state index is 12.8. The third kappa shape index (κ3) is 4.22. The van der Waals surface area contributed by atoms with Crippen LogP contribution in [0, 0.1) is 0 Å². The van der Waals surface area contributed by atoms with Gasteiger partial charge in [0.05, 0.1) is 6.54 Å². The molecule has 0 unspecified atom stereocenters. The first-order valence-corrected chi connectivity index (χ1v) is 8.36. The van der Waals surface area contributed by atoms with E-state index in [-0.39, 0.29) is 18.4 Å². The van der Waals surface area contributed by atoms with Gasteiger partial charge >= 0.3 is 0 Å². The van der Waals surface area contributed by atoms with Crippen molar-refractivity contribution in [3.05, 3.63) is 71.8 Å². The van der Waals surface area contributed by atoms with Gasteiger partial charge in [-0.25, -0.2) is 0 Å². The van der Waals surface area contributed by atoms with Crippen molar-refractivity contribution in [1.82, 2.24) is 9.80 Å². The molecule has 0 aromatic heterocycles. The van der Waals surface area contributed by atoms with E-state index in [1.54, 1.807) is 4.90 Å². The zero-order valence-corrected chi connectivity index (χ0v) is 13.7. The number of hydrogen-bond donors (Lipinski definition) is 0. The molecule has 0 radical (unpaired) electrons. The standard InChI is InChI=1S/C20H22N2O2/c23-19-12-7-13-21(19)16-20(24)22(14-17-8-3-1-4-9-17)15-18-10-5-2-6-11-18/h1-6,8-11H,7,12-16H2. The van der Waals surface area contributed by atoms with Gasteiger partial charge in [0.15, 0.2) is 0 Å². The third-order valence-electron chi connectivity index (χ3n) is 4.28. The van der Waals surface area contributed by atoms with Gasteiger partial charge in [-0.05, 0) is 17.5 Å². The Balaban J connectivity index is 1.73. The van der Waals surface area contributed by atoms with Gasteiger partial charge in [-0.3, -0.25) is 9.59 Å². The Labute approximate surface area is 142 Å². The molecule has 0 atom stereocenters. The highest BCUT2D eigenvalue weighted by Gasteiger charge is 2.25. The number of likely N-dealkylation sites (tertiary alicyclic amines) is 1. The largest absolute Gasteiger partial charge is 0.333 e. The van der Waals surface area contributed by atoms with E-state index >= 15 is 0 Å². The highest BCUT2D eigenvalue weighted by molar-refractivity contribution is 5.85. The van der Waals surface area contributed by atoms with E-state index in [1.807, 2.05) is 65.6 Å². The van der Waals surface area contributed by atoms with Crippen LogP contribution in [0.15, 0.2) is 60.7 Å². The smallest absolute Gasteiger partial charge is 0.242 e. The van der Waals surface area contributed by atoms with Crippen LogP contribution in [0.4, 0.5) is 0 Å². The summed E-state index contributed by atoms with van der Waals surface area (Å²) in [7, 11) is 0. The van der Waals surface area contributed by atoms with Crippen molar-refractivity contribution in [3.63, 3.8) is 0 Å². The fourth-order valence-corrected chi connectivity index (χ4v) is 2.97. The topological polar surface area (TPSA) is 40.6 Å². The lowest BCUT2D eigenvalue weighted by molar-refractivity contribution is -0.139. The summed E-state index contributed by atoms with van der Waals surface area (Å²) in [5.41, 5.74) is 2.18. The third-order valence-corrected chi connectivity index (χ3v) is 4.28. The van der Waals surface area contributed by atoms with Crippen LogP contribution in [0.25, 0.3) is 0 Å². The molecule has 2 aromatic rings. The van der Waals surface area contributed by atoms with Gasteiger partial charge in [0.2, 0.25) is 11.8 Å². The lowest BCUT2D eigenvalue weighted by atomic mass is 10.1. The molecule has 0 saturated carbocycles. The lowest BCUT2D eigenvalue weighted by Crippen LogP contribution is -2.40. The van der Waals surface area contributed by atoms with Crippen LogP contribution in [0.5, 0.6) is 0 Å². The SMILES string of the molecule is O=C1CCCN1CC(=O)N(Cc1ccccc1)Cc1ccccc1. The molecule has 0 N–H and O–H groups in total. The molecule has 1 aliphatic rings. The van der Waals surface area contributed by atoms with Gasteiger partial charge < -0.3 is 9.80 Å². The normalized spacial score (nSPS) is 14.0. The van der Waals surface area contributed by atoms with E-state index in [4.69, 9.17) is 0 Å². The van der Waals surface area contributed by atoms with Gasteiger partial charge in [0.1, 0.15) is 0 Å². The van der Waals surface area contributed by atoms with Crippen molar-refractivity contribution < 1.29 is 9.59 Å². The van der Waals surface area contributed by atoms with Crippen LogP contribution in [-0.4, -0.2) is 34.7 Å². The summed E-state index contributed by atoms with van der Waals surface area (Å²) in [6, 6.07) is 19.9. The Morgan fingerprint density at radius 1 is 0.917 bits per heavy atom. The van der Waals surface area contributed by atoms with Crippen LogP contribution >= 0.6 is 0 Å². The second-order valence-electron chi connectivity index (χ2n) is 6.14. The summed E-state index contributed by atoms with van der Waals surface area (Å²) in [4.78, 5) is 28.1. The van der Waals surface area contributed by atoms with Crippen molar-refractivity contribution in [3.8, 4) is 0 Å². The average molecular weight is 322 g/mol. The van der Waals surface area contributed by atoms with E-state index in [9.17, 15) is 9.59 Å². The van der Waals surface area contributed by atoms with Crippen LogP contribution in [0.2, 0.25) is 0 Å². The van der Waals surface area contributed by atoms with E-state index in [1.165, 1.54) is 0 Å². The Morgan fingerprint density at radius 3 is 1.92 bits per heavy atom. The van der Waals surface area contributed by atoms with Crippen LogP contribution in [-0.2, 0) is 22.7 Å². The van der Waals surface area contributed by atoms with Gasteiger partial charge in [-0.1, -0.05) is 60.7 Å². The Hall–Kier alpha value is -2.62. The first-order chi connectivity index (χ1) is 11.7. The molecular weight excluding hydrogens is 300 g/mol. The van der Waals surface area contributed by atoms with E-state index < -0.39 is 0 Å². The molecule has 2 aromatic carbocycles. The van der Waals surface area contributed by atoms with Gasteiger partial charge in [-0.2, -0.15) is 0 Å². The molecule has 4 nitrogen and oxygen atoms in total. The minimum atomic E-state index is -0.00189. The predicted molar refractivity (Wildman–Crippen MR) is 93.0 cm³/mol. The number of rotatable bonds is 6. The molecule has 24 heavy (non-hydrogen) atoms. The fraction of sp³-hybridized carbons (Fsp3) is 0.300. The molecule has 1 saturated heterocycles. The van der Waals surface area contributed by atoms with Crippen LogP contribution in [0.3, 0.4) is 0 Å². The summed E-state index contributed by atoms with van der Waals surface area (Å²) < 4.78 is 0. The molecule has 4 heteroatoms. The van der Waals surface area contributed by atoms with Gasteiger partial charge in [0, 0.05) is 26.1 Å². The molecule has 1 heterocycles. The lowest BCUT2D eigenvalue weighted by Gasteiger charge is -2.26. The Morgan fingerprint density at radius 2 is 1.46 bits per heavy atom. The quantitative estimate of drug-likeness (QED) is 0.820. The van der Waals surface area contributed by atoms with Gasteiger partial charge in [-0.15, -0.1) is 0 Å². The van der Waals surface area contributed by atoms with Crippen molar-refractivity contribution in [2.45, 2.75) is 25.9 Å². The second-order valence-corrected chi connectivity index (χ2v) is 6.14. The van der Waals surface area contributed by atoms with Crippen molar-refractivity contribution in [1.29, 1.82) is 0 Å². The van der Waals surface area contributed by atoms with E-state index in [0.29, 0.717) is 26.1 Å². The number of carbonyl (C=O) groups excluding carboxylic acids is 2. The highest BCUT2D eigenvalue weighted by atomic mass is 16.2. The summed E-state index contributed by atoms with van der Waals surface area (Å²) in [6.45, 7) is 1.97. The molecule has 3 rings (SSSR count). The Bertz CT molecular complexity index is 644. The van der Waals surface area contributed by atoms with Crippen molar-refractivity contribution >= 4 is 11.8 Å². The molecule has 0 bridgehead atoms. The maximum absolute atomic E-state index is 12.8. The fourth-order valence-electron chi connectivity index (χ4n) is 2.97. The molecule has 0 aliphatic carbocycles. The summed E-state index contributed by atoms with van der Waals surface area (Å²) >= 11 is 0. The second kappa shape index (κ2) is 7.77. The zero-order chi connectivity index (χ0) is 16.8. The van der Waals surface area contributed by atoms with Crippen LogP contribution < -0.4 is 0 Å². The number of nitrogens with zero attached hydrogens (tertiary/aromatic N) is 2. The van der Waals surface area contributed by atoms with E-state index in [2.05, 4.69) is 0 Å². The first kappa shape index (κ1) is 16.2. The summed E-state index contributed by atoms with van der Waals surface area (Å²) in [6.07, 6.45) is 1.41.